The highest BCUT2D eigenvalue weighted by Crippen LogP contribution is 2.24. The number of hydrogen-bond donors (Lipinski definition) is 0. The quantitative estimate of drug-likeness (QED) is 0.760. The maximum absolute atomic E-state index is 6.06. The van der Waals surface area contributed by atoms with Gasteiger partial charge in [-0.05, 0) is 29.7 Å². The summed E-state index contributed by atoms with van der Waals surface area (Å²) in [6.07, 6.45) is 4.84. The van der Waals surface area contributed by atoms with Gasteiger partial charge in [-0.2, -0.15) is 5.10 Å². The van der Waals surface area contributed by atoms with Crippen molar-refractivity contribution in [3.05, 3.63) is 41.2 Å². The first kappa shape index (κ1) is 10.2. The molecule has 0 saturated carbocycles. The van der Waals surface area contributed by atoms with Gasteiger partial charge in [-0.25, -0.2) is 0 Å². The average Bonchev–Trinajstić information content (AvgIpc) is 2.64. The predicted octanol–water partition coefficient (Wildman–Crippen LogP) is 3.30. The molecule has 0 atom stereocenters. The molecule has 1 aromatic carbocycles. The van der Waals surface area contributed by atoms with E-state index in [9.17, 15) is 0 Å². The van der Waals surface area contributed by atoms with Crippen molar-refractivity contribution in [3.63, 3.8) is 0 Å². The summed E-state index contributed by atoms with van der Waals surface area (Å²) >= 11 is 6.06. The molecule has 0 aliphatic heterocycles. The van der Waals surface area contributed by atoms with Gasteiger partial charge in [-0.1, -0.05) is 24.6 Å². The highest BCUT2D eigenvalue weighted by molar-refractivity contribution is 6.30. The molecule has 0 fully saturated rings. The lowest BCUT2D eigenvalue weighted by molar-refractivity contribution is 0.768. The molecule has 15 heavy (non-hydrogen) atoms. The molecule has 2 aromatic rings. The fraction of sp³-hybridized carbons (Fsp3) is 0.250. The standard InChI is InChI=1S/C12H13ClN2/c1-3-9-4-10(6-12(13)5-9)11-7-14-15(2)8-11/h4-8H,3H2,1-2H3. The third kappa shape index (κ3) is 2.21. The van der Waals surface area contributed by atoms with Gasteiger partial charge >= 0.3 is 0 Å². The lowest BCUT2D eigenvalue weighted by Crippen LogP contribution is -1.85. The van der Waals surface area contributed by atoms with Gasteiger partial charge in [0.15, 0.2) is 0 Å². The molecule has 3 heteroatoms. The van der Waals surface area contributed by atoms with Gasteiger partial charge in [0.25, 0.3) is 0 Å². The van der Waals surface area contributed by atoms with Crippen LogP contribution in [0.25, 0.3) is 11.1 Å². The minimum absolute atomic E-state index is 0.785. The van der Waals surface area contributed by atoms with E-state index in [0.29, 0.717) is 0 Å². The van der Waals surface area contributed by atoms with Crippen molar-refractivity contribution in [1.82, 2.24) is 9.78 Å². The Morgan fingerprint density at radius 1 is 1.27 bits per heavy atom. The summed E-state index contributed by atoms with van der Waals surface area (Å²) in [5.74, 6) is 0. The molecule has 0 saturated heterocycles. The molecule has 0 aliphatic carbocycles. The molecule has 78 valence electrons. The van der Waals surface area contributed by atoms with Crippen LogP contribution >= 0.6 is 11.6 Å². The van der Waals surface area contributed by atoms with Gasteiger partial charge in [0.05, 0.1) is 6.20 Å². The summed E-state index contributed by atoms with van der Waals surface area (Å²) in [6.45, 7) is 2.12. The van der Waals surface area contributed by atoms with Gasteiger partial charge in [0.2, 0.25) is 0 Å². The minimum Gasteiger partial charge on any atom is -0.275 e. The highest BCUT2D eigenvalue weighted by atomic mass is 35.5. The molecule has 2 nitrogen and oxygen atoms in total. The summed E-state index contributed by atoms with van der Waals surface area (Å²) < 4.78 is 1.79. The van der Waals surface area contributed by atoms with Crippen molar-refractivity contribution < 1.29 is 0 Å². The van der Waals surface area contributed by atoms with Gasteiger partial charge in [-0.15, -0.1) is 0 Å². The number of benzene rings is 1. The largest absolute Gasteiger partial charge is 0.275 e. The van der Waals surface area contributed by atoms with Gasteiger partial charge in [-0.3, -0.25) is 4.68 Å². The van der Waals surface area contributed by atoms with E-state index < -0.39 is 0 Å². The van der Waals surface area contributed by atoms with Gasteiger partial charge < -0.3 is 0 Å². The van der Waals surface area contributed by atoms with E-state index in [1.807, 2.05) is 31.6 Å². The zero-order valence-corrected chi connectivity index (χ0v) is 9.62. The van der Waals surface area contributed by atoms with Crippen LogP contribution in [-0.4, -0.2) is 9.78 Å². The first-order valence-corrected chi connectivity index (χ1v) is 5.35. The normalized spacial score (nSPS) is 10.6. The molecule has 0 amide bonds. The van der Waals surface area contributed by atoms with Crippen LogP contribution in [0.5, 0.6) is 0 Å². The highest BCUT2D eigenvalue weighted by Gasteiger charge is 2.03. The Kier molecular flexibility index (Phi) is 2.78. The first-order valence-electron chi connectivity index (χ1n) is 4.97. The molecule has 2 rings (SSSR count). The SMILES string of the molecule is CCc1cc(Cl)cc(-c2cnn(C)c2)c1. The Bertz CT molecular complexity index is 474. The van der Waals surface area contributed by atoms with Gasteiger partial charge in [0, 0.05) is 23.8 Å². The second kappa shape index (κ2) is 4.07. The molecule has 1 heterocycles. The van der Waals surface area contributed by atoms with E-state index >= 15 is 0 Å². The van der Waals surface area contributed by atoms with E-state index in [1.165, 1.54) is 5.56 Å². The third-order valence-electron chi connectivity index (χ3n) is 2.40. The van der Waals surface area contributed by atoms with Crippen LogP contribution in [0.3, 0.4) is 0 Å². The molecular weight excluding hydrogens is 208 g/mol. The van der Waals surface area contributed by atoms with Crippen molar-refractivity contribution in [2.45, 2.75) is 13.3 Å². The van der Waals surface area contributed by atoms with Crippen LogP contribution in [0.1, 0.15) is 12.5 Å². The van der Waals surface area contributed by atoms with Crippen LogP contribution in [0, 0.1) is 0 Å². The molecule has 1 aromatic heterocycles. The molecular formula is C12H13ClN2. The number of rotatable bonds is 2. The topological polar surface area (TPSA) is 17.8 Å². The van der Waals surface area contributed by atoms with Crippen LogP contribution < -0.4 is 0 Å². The second-order valence-corrected chi connectivity index (χ2v) is 4.04. The molecule has 0 bridgehead atoms. The summed E-state index contributed by atoms with van der Waals surface area (Å²) in [5.41, 5.74) is 3.49. The van der Waals surface area contributed by atoms with Crippen molar-refractivity contribution >= 4 is 11.6 Å². The molecule has 0 aliphatic rings. The van der Waals surface area contributed by atoms with Crippen molar-refractivity contribution in [2.24, 2.45) is 7.05 Å². The predicted molar refractivity (Wildman–Crippen MR) is 63.0 cm³/mol. The van der Waals surface area contributed by atoms with E-state index in [-0.39, 0.29) is 0 Å². The number of aryl methyl sites for hydroxylation is 2. The Balaban J connectivity index is 2.48. The Morgan fingerprint density at radius 3 is 2.67 bits per heavy atom. The molecule has 0 unspecified atom stereocenters. The summed E-state index contributed by atoms with van der Waals surface area (Å²) in [6, 6.07) is 6.13. The smallest absolute Gasteiger partial charge is 0.0568 e. The van der Waals surface area contributed by atoms with Crippen LogP contribution in [-0.2, 0) is 13.5 Å². The van der Waals surface area contributed by atoms with Crippen LogP contribution in [0.2, 0.25) is 5.02 Å². The number of hydrogen-bond acceptors (Lipinski definition) is 1. The average molecular weight is 221 g/mol. The van der Waals surface area contributed by atoms with Crippen molar-refractivity contribution in [3.8, 4) is 11.1 Å². The second-order valence-electron chi connectivity index (χ2n) is 3.60. The Morgan fingerprint density at radius 2 is 2.07 bits per heavy atom. The van der Waals surface area contributed by atoms with E-state index in [4.69, 9.17) is 11.6 Å². The fourth-order valence-electron chi connectivity index (χ4n) is 1.59. The summed E-state index contributed by atoms with van der Waals surface area (Å²) in [4.78, 5) is 0. The zero-order valence-electron chi connectivity index (χ0n) is 8.87. The van der Waals surface area contributed by atoms with Crippen molar-refractivity contribution in [1.29, 1.82) is 0 Å². The molecule has 0 radical (unpaired) electrons. The summed E-state index contributed by atoms with van der Waals surface area (Å²) in [5, 5.41) is 4.94. The van der Waals surface area contributed by atoms with Gasteiger partial charge in [0.1, 0.15) is 0 Å². The number of nitrogens with zero attached hydrogens (tertiary/aromatic N) is 2. The maximum Gasteiger partial charge on any atom is 0.0568 e. The minimum atomic E-state index is 0.785. The zero-order chi connectivity index (χ0) is 10.8. The lowest BCUT2D eigenvalue weighted by atomic mass is 10.1. The van der Waals surface area contributed by atoms with E-state index in [2.05, 4.69) is 18.1 Å². The maximum atomic E-state index is 6.06. The third-order valence-corrected chi connectivity index (χ3v) is 2.62. The molecule has 0 spiro atoms. The fourth-order valence-corrected chi connectivity index (χ4v) is 1.85. The molecule has 0 N–H and O–H groups in total. The first-order chi connectivity index (χ1) is 7.19. The monoisotopic (exact) mass is 220 g/mol. The lowest BCUT2D eigenvalue weighted by Gasteiger charge is -2.02. The van der Waals surface area contributed by atoms with E-state index in [1.54, 1.807) is 4.68 Å². The van der Waals surface area contributed by atoms with Crippen LogP contribution in [0.15, 0.2) is 30.6 Å². The Labute approximate surface area is 94.5 Å². The van der Waals surface area contributed by atoms with E-state index in [0.717, 1.165) is 22.6 Å². The number of halogens is 1. The Hall–Kier alpha value is -1.28. The number of aromatic nitrogens is 2. The van der Waals surface area contributed by atoms with Crippen molar-refractivity contribution in [2.75, 3.05) is 0 Å². The van der Waals surface area contributed by atoms with Crippen LogP contribution in [0.4, 0.5) is 0 Å². The summed E-state index contributed by atoms with van der Waals surface area (Å²) in [7, 11) is 1.91.